The number of anilines is 1. The summed E-state index contributed by atoms with van der Waals surface area (Å²) in [7, 11) is 0. The van der Waals surface area contributed by atoms with Crippen LogP contribution in [0.2, 0.25) is 0 Å². The molecule has 82 valence electrons. The average Bonchev–Trinajstić information content (AvgIpc) is 2.70. The van der Waals surface area contributed by atoms with E-state index in [1.807, 2.05) is 23.6 Å². The van der Waals surface area contributed by atoms with Crippen molar-refractivity contribution in [2.45, 2.75) is 6.42 Å². The van der Waals surface area contributed by atoms with E-state index in [1.165, 1.54) is 0 Å². The third-order valence-corrected chi connectivity index (χ3v) is 3.21. The standard InChI is InChI=1S/C11H9BrN2OS/c12-8-4-9(7-13-6-8)14-11(15)5-10-2-1-3-16-10/h1-4,6-7H,5H2,(H,14,15). The first-order chi connectivity index (χ1) is 7.74. The second-order valence-electron chi connectivity index (χ2n) is 3.20. The highest BCUT2D eigenvalue weighted by Crippen LogP contribution is 2.15. The fourth-order valence-electron chi connectivity index (χ4n) is 1.26. The first-order valence-electron chi connectivity index (χ1n) is 4.67. The van der Waals surface area contributed by atoms with Gasteiger partial charge in [-0.1, -0.05) is 6.07 Å². The van der Waals surface area contributed by atoms with E-state index in [-0.39, 0.29) is 5.91 Å². The van der Waals surface area contributed by atoms with Crippen LogP contribution in [0.3, 0.4) is 0 Å². The van der Waals surface area contributed by atoms with Gasteiger partial charge in [0.25, 0.3) is 0 Å². The number of nitrogens with one attached hydrogen (secondary N) is 1. The van der Waals surface area contributed by atoms with Crippen LogP contribution in [0.5, 0.6) is 0 Å². The molecule has 3 nitrogen and oxygen atoms in total. The van der Waals surface area contributed by atoms with Crippen LogP contribution in [0.1, 0.15) is 4.88 Å². The fraction of sp³-hybridized carbons (Fsp3) is 0.0909. The lowest BCUT2D eigenvalue weighted by atomic mass is 10.3. The summed E-state index contributed by atoms with van der Waals surface area (Å²) in [6.45, 7) is 0. The monoisotopic (exact) mass is 296 g/mol. The molecule has 0 aliphatic rings. The Balaban J connectivity index is 1.97. The van der Waals surface area contributed by atoms with Crippen molar-refractivity contribution in [2.75, 3.05) is 5.32 Å². The van der Waals surface area contributed by atoms with Crippen LogP contribution in [-0.4, -0.2) is 10.9 Å². The van der Waals surface area contributed by atoms with Gasteiger partial charge in [0.2, 0.25) is 5.91 Å². The van der Waals surface area contributed by atoms with Gasteiger partial charge in [0.15, 0.2) is 0 Å². The summed E-state index contributed by atoms with van der Waals surface area (Å²) in [5.41, 5.74) is 0.705. The zero-order chi connectivity index (χ0) is 11.4. The molecule has 0 spiro atoms. The van der Waals surface area contributed by atoms with Crippen molar-refractivity contribution in [3.05, 3.63) is 45.3 Å². The molecule has 0 aliphatic carbocycles. The van der Waals surface area contributed by atoms with Crippen molar-refractivity contribution in [1.82, 2.24) is 4.98 Å². The van der Waals surface area contributed by atoms with E-state index >= 15 is 0 Å². The number of carbonyl (C=O) groups excluding carboxylic acids is 1. The summed E-state index contributed by atoms with van der Waals surface area (Å²) in [5.74, 6) is -0.0256. The summed E-state index contributed by atoms with van der Waals surface area (Å²) in [5, 5.41) is 4.76. The Hall–Kier alpha value is -1.20. The molecule has 0 saturated heterocycles. The molecule has 0 unspecified atom stereocenters. The van der Waals surface area contributed by atoms with E-state index in [1.54, 1.807) is 23.7 Å². The number of hydrogen-bond donors (Lipinski definition) is 1. The van der Waals surface area contributed by atoms with Gasteiger partial charge in [0, 0.05) is 15.5 Å². The number of carbonyl (C=O) groups is 1. The minimum absolute atomic E-state index is 0.0256. The molecule has 16 heavy (non-hydrogen) atoms. The number of amides is 1. The third-order valence-electron chi connectivity index (χ3n) is 1.90. The van der Waals surface area contributed by atoms with Gasteiger partial charge in [-0.05, 0) is 33.4 Å². The number of pyridine rings is 1. The Morgan fingerprint density at radius 1 is 1.50 bits per heavy atom. The zero-order valence-corrected chi connectivity index (χ0v) is 10.7. The normalized spacial score (nSPS) is 10.1. The van der Waals surface area contributed by atoms with Gasteiger partial charge < -0.3 is 5.32 Å². The molecular weight excluding hydrogens is 288 g/mol. The van der Waals surface area contributed by atoms with Crippen LogP contribution in [-0.2, 0) is 11.2 Å². The maximum absolute atomic E-state index is 11.6. The second kappa shape index (κ2) is 5.23. The number of nitrogens with zero attached hydrogens (tertiary/aromatic N) is 1. The van der Waals surface area contributed by atoms with Gasteiger partial charge in [-0.3, -0.25) is 9.78 Å². The number of halogens is 1. The highest BCUT2D eigenvalue weighted by Gasteiger charge is 2.05. The first kappa shape index (κ1) is 11.3. The average molecular weight is 297 g/mol. The first-order valence-corrected chi connectivity index (χ1v) is 6.34. The van der Waals surface area contributed by atoms with Crippen molar-refractivity contribution in [3.8, 4) is 0 Å². The molecular formula is C11H9BrN2OS. The SMILES string of the molecule is O=C(Cc1cccs1)Nc1cncc(Br)c1. The van der Waals surface area contributed by atoms with Crippen molar-refractivity contribution in [3.63, 3.8) is 0 Å². The van der Waals surface area contributed by atoms with Crippen LogP contribution in [0.4, 0.5) is 5.69 Å². The van der Waals surface area contributed by atoms with Crippen LogP contribution >= 0.6 is 27.3 Å². The third kappa shape index (κ3) is 3.15. The lowest BCUT2D eigenvalue weighted by Crippen LogP contribution is -2.13. The van der Waals surface area contributed by atoms with E-state index < -0.39 is 0 Å². The molecule has 1 N–H and O–H groups in total. The Morgan fingerprint density at radius 3 is 3.06 bits per heavy atom. The van der Waals surface area contributed by atoms with Crippen molar-refractivity contribution < 1.29 is 4.79 Å². The van der Waals surface area contributed by atoms with Gasteiger partial charge in [-0.15, -0.1) is 11.3 Å². The molecule has 0 fully saturated rings. The highest BCUT2D eigenvalue weighted by atomic mass is 79.9. The van der Waals surface area contributed by atoms with E-state index in [0.29, 0.717) is 12.1 Å². The number of rotatable bonds is 3. The fourth-order valence-corrected chi connectivity index (χ4v) is 2.33. The molecule has 0 aliphatic heterocycles. The molecule has 0 aromatic carbocycles. The molecule has 0 atom stereocenters. The quantitative estimate of drug-likeness (QED) is 0.946. The van der Waals surface area contributed by atoms with Gasteiger partial charge >= 0.3 is 0 Å². The van der Waals surface area contributed by atoms with Crippen LogP contribution in [0.15, 0.2) is 40.4 Å². The van der Waals surface area contributed by atoms with E-state index in [2.05, 4.69) is 26.2 Å². The Labute approximate surface area is 106 Å². The van der Waals surface area contributed by atoms with Crippen molar-refractivity contribution in [2.24, 2.45) is 0 Å². The molecule has 2 rings (SSSR count). The molecule has 0 saturated carbocycles. The molecule has 2 heterocycles. The maximum Gasteiger partial charge on any atom is 0.229 e. The van der Waals surface area contributed by atoms with Crippen LogP contribution in [0, 0.1) is 0 Å². The molecule has 0 bridgehead atoms. The van der Waals surface area contributed by atoms with E-state index in [9.17, 15) is 4.79 Å². The minimum Gasteiger partial charge on any atom is -0.324 e. The van der Waals surface area contributed by atoms with Gasteiger partial charge in [0.1, 0.15) is 0 Å². The zero-order valence-electron chi connectivity index (χ0n) is 8.31. The van der Waals surface area contributed by atoms with E-state index in [4.69, 9.17) is 0 Å². The van der Waals surface area contributed by atoms with Crippen LogP contribution < -0.4 is 5.32 Å². The molecule has 2 aromatic rings. The Bertz CT molecular complexity index is 484. The van der Waals surface area contributed by atoms with Crippen molar-refractivity contribution in [1.29, 1.82) is 0 Å². The number of thiophene rings is 1. The highest BCUT2D eigenvalue weighted by molar-refractivity contribution is 9.10. The van der Waals surface area contributed by atoms with E-state index in [0.717, 1.165) is 9.35 Å². The predicted molar refractivity (Wildman–Crippen MR) is 68.6 cm³/mol. The minimum atomic E-state index is -0.0256. The van der Waals surface area contributed by atoms with Crippen molar-refractivity contribution >= 4 is 38.9 Å². The lowest BCUT2D eigenvalue weighted by molar-refractivity contribution is -0.115. The Kier molecular flexibility index (Phi) is 3.69. The second-order valence-corrected chi connectivity index (χ2v) is 5.14. The molecule has 1 amide bonds. The molecule has 2 aromatic heterocycles. The summed E-state index contributed by atoms with van der Waals surface area (Å²) in [6, 6.07) is 5.71. The number of hydrogen-bond acceptors (Lipinski definition) is 3. The smallest absolute Gasteiger partial charge is 0.229 e. The van der Waals surface area contributed by atoms with Gasteiger partial charge in [-0.25, -0.2) is 0 Å². The Morgan fingerprint density at radius 2 is 2.38 bits per heavy atom. The summed E-state index contributed by atoms with van der Waals surface area (Å²) < 4.78 is 0.849. The molecule has 0 radical (unpaired) electrons. The number of aromatic nitrogens is 1. The summed E-state index contributed by atoms with van der Waals surface area (Å²) in [6.07, 6.45) is 3.70. The van der Waals surface area contributed by atoms with Gasteiger partial charge in [-0.2, -0.15) is 0 Å². The topological polar surface area (TPSA) is 42.0 Å². The molecule has 5 heteroatoms. The lowest BCUT2D eigenvalue weighted by Gasteiger charge is -2.03. The predicted octanol–water partition coefficient (Wildman–Crippen LogP) is 3.09. The largest absolute Gasteiger partial charge is 0.324 e. The maximum atomic E-state index is 11.6. The van der Waals surface area contributed by atoms with Crippen LogP contribution in [0.25, 0.3) is 0 Å². The van der Waals surface area contributed by atoms with Gasteiger partial charge in [0.05, 0.1) is 18.3 Å². The summed E-state index contributed by atoms with van der Waals surface area (Å²) in [4.78, 5) is 16.7. The summed E-state index contributed by atoms with van der Waals surface area (Å²) >= 11 is 4.88.